The van der Waals surface area contributed by atoms with Crippen LogP contribution in [-0.4, -0.2) is 31.2 Å². The number of hydrogen-bond acceptors (Lipinski definition) is 2. The number of aryl methyl sites for hydroxylation is 1. The molecule has 2 nitrogen and oxygen atoms in total. The van der Waals surface area contributed by atoms with Crippen molar-refractivity contribution in [1.82, 2.24) is 4.90 Å². The average Bonchev–Trinajstić information content (AvgIpc) is 2.77. The highest BCUT2D eigenvalue weighted by molar-refractivity contribution is 5.90. The third kappa shape index (κ3) is 5.19. The number of benzene rings is 2. The fourth-order valence-corrected chi connectivity index (χ4v) is 4.30. The molecule has 0 N–H and O–H groups in total. The van der Waals surface area contributed by atoms with Gasteiger partial charge in [0.2, 0.25) is 0 Å². The van der Waals surface area contributed by atoms with Gasteiger partial charge in [-0.25, -0.2) is 0 Å². The molecule has 2 heteroatoms. The van der Waals surface area contributed by atoms with Crippen molar-refractivity contribution in [3.8, 4) is 0 Å². The van der Waals surface area contributed by atoms with Crippen LogP contribution in [0.4, 0.5) is 0 Å². The van der Waals surface area contributed by atoms with E-state index in [2.05, 4.69) is 86.3 Å². The number of allylic oxidation sites excluding steroid dienone is 2. The number of ether oxygens (including phenoxy) is 1. The Morgan fingerprint density at radius 2 is 1.59 bits per heavy atom. The van der Waals surface area contributed by atoms with E-state index >= 15 is 0 Å². The van der Waals surface area contributed by atoms with Crippen LogP contribution in [0.3, 0.4) is 0 Å². The molecule has 0 heterocycles. The Morgan fingerprint density at radius 3 is 2.28 bits per heavy atom. The first-order valence-corrected chi connectivity index (χ1v) is 11.2. The maximum atomic E-state index is 5.72. The summed E-state index contributed by atoms with van der Waals surface area (Å²) in [5.41, 5.74) is 8.40. The SMILES string of the molecule is CCCN(CCC)C1=C(/C(=C/COCC)c2ccccc2)CCc2ccccc21. The zero-order valence-corrected chi connectivity index (χ0v) is 18.3. The van der Waals surface area contributed by atoms with Gasteiger partial charge < -0.3 is 9.64 Å². The normalized spacial score (nSPS) is 14.1. The Balaban J connectivity index is 2.19. The summed E-state index contributed by atoms with van der Waals surface area (Å²) in [6.45, 7) is 10.2. The van der Waals surface area contributed by atoms with Gasteiger partial charge in [-0.1, -0.05) is 74.5 Å². The summed E-state index contributed by atoms with van der Waals surface area (Å²) in [7, 11) is 0. The quantitative estimate of drug-likeness (QED) is 0.425. The molecule has 154 valence electrons. The van der Waals surface area contributed by atoms with Crippen LogP contribution < -0.4 is 0 Å². The van der Waals surface area contributed by atoms with E-state index in [9.17, 15) is 0 Å². The third-order valence-electron chi connectivity index (χ3n) is 5.53. The van der Waals surface area contributed by atoms with Gasteiger partial charge >= 0.3 is 0 Å². The minimum Gasteiger partial charge on any atom is -0.378 e. The Kier molecular flexibility index (Phi) is 8.13. The molecule has 29 heavy (non-hydrogen) atoms. The molecule has 3 rings (SSSR count). The molecule has 0 aromatic heterocycles. The monoisotopic (exact) mass is 389 g/mol. The zero-order chi connectivity index (χ0) is 20.5. The van der Waals surface area contributed by atoms with Crippen LogP contribution in [0, 0.1) is 0 Å². The van der Waals surface area contributed by atoms with Crippen LogP contribution in [0.5, 0.6) is 0 Å². The predicted molar refractivity (Wildman–Crippen MR) is 125 cm³/mol. The van der Waals surface area contributed by atoms with Gasteiger partial charge in [0.05, 0.1) is 6.61 Å². The number of fused-ring (bicyclic) bond motifs is 1. The zero-order valence-electron chi connectivity index (χ0n) is 18.3. The summed E-state index contributed by atoms with van der Waals surface area (Å²) in [5.74, 6) is 0. The summed E-state index contributed by atoms with van der Waals surface area (Å²) in [5, 5.41) is 0. The molecule has 0 atom stereocenters. The topological polar surface area (TPSA) is 12.5 Å². The van der Waals surface area contributed by atoms with Gasteiger partial charge in [-0.2, -0.15) is 0 Å². The first kappa shape index (κ1) is 21.4. The van der Waals surface area contributed by atoms with Crippen molar-refractivity contribution in [2.45, 2.75) is 46.5 Å². The number of nitrogens with zero attached hydrogens (tertiary/aromatic N) is 1. The Labute approximate surface area is 176 Å². The summed E-state index contributed by atoms with van der Waals surface area (Å²) >= 11 is 0. The highest BCUT2D eigenvalue weighted by atomic mass is 16.5. The Bertz CT molecular complexity index is 829. The largest absolute Gasteiger partial charge is 0.378 e. The van der Waals surface area contributed by atoms with Crippen molar-refractivity contribution in [2.24, 2.45) is 0 Å². The van der Waals surface area contributed by atoms with E-state index in [1.165, 1.54) is 33.5 Å². The van der Waals surface area contributed by atoms with Gasteiger partial charge in [-0.3, -0.25) is 0 Å². The maximum Gasteiger partial charge on any atom is 0.0656 e. The molecule has 0 amide bonds. The minimum atomic E-state index is 0.653. The molecule has 0 spiro atoms. The summed E-state index contributed by atoms with van der Waals surface area (Å²) in [6.07, 6.45) is 6.77. The second-order valence-electron chi connectivity index (χ2n) is 7.61. The van der Waals surface area contributed by atoms with E-state index < -0.39 is 0 Å². The lowest BCUT2D eigenvalue weighted by atomic mass is 9.82. The smallest absolute Gasteiger partial charge is 0.0656 e. The van der Waals surface area contributed by atoms with Crippen molar-refractivity contribution < 1.29 is 4.74 Å². The lowest BCUT2D eigenvalue weighted by Crippen LogP contribution is -2.27. The van der Waals surface area contributed by atoms with Crippen molar-refractivity contribution in [1.29, 1.82) is 0 Å². The van der Waals surface area contributed by atoms with Gasteiger partial charge in [-0.15, -0.1) is 0 Å². The standard InChI is InChI=1S/C27H35NO/c1-4-19-28(20-5-2)27-25-15-11-10-14-23(25)16-17-26(27)24(18-21-29-6-3)22-12-8-7-9-13-22/h7-15,18H,4-6,16-17,19-21H2,1-3H3/b24-18+. The van der Waals surface area contributed by atoms with Crippen LogP contribution in [0.25, 0.3) is 11.3 Å². The molecule has 2 aromatic carbocycles. The molecule has 1 aliphatic carbocycles. The van der Waals surface area contributed by atoms with E-state index in [1.807, 2.05) is 0 Å². The Morgan fingerprint density at radius 1 is 0.897 bits per heavy atom. The van der Waals surface area contributed by atoms with Crippen molar-refractivity contribution in [3.05, 3.63) is 82.9 Å². The molecule has 0 saturated heterocycles. The number of hydrogen-bond donors (Lipinski definition) is 0. The third-order valence-corrected chi connectivity index (χ3v) is 5.53. The van der Waals surface area contributed by atoms with E-state index in [4.69, 9.17) is 4.74 Å². The van der Waals surface area contributed by atoms with Crippen LogP contribution in [0.1, 0.15) is 56.7 Å². The number of rotatable bonds is 10. The van der Waals surface area contributed by atoms with Gasteiger partial charge in [0, 0.05) is 31.0 Å². The van der Waals surface area contributed by atoms with Crippen LogP contribution in [0.2, 0.25) is 0 Å². The Hall–Kier alpha value is -2.32. The second-order valence-corrected chi connectivity index (χ2v) is 7.61. The molecule has 0 aliphatic heterocycles. The van der Waals surface area contributed by atoms with E-state index in [1.54, 1.807) is 0 Å². The van der Waals surface area contributed by atoms with Crippen LogP contribution >= 0.6 is 0 Å². The molecule has 0 radical (unpaired) electrons. The molecule has 0 saturated carbocycles. The summed E-state index contributed by atoms with van der Waals surface area (Å²) in [6, 6.07) is 19.8. The van der Waals surface area contributed by atoms with E-state index in [0.29, 0.717) is 6.61 Å². The molecule has 1 aliphatic rings. The van der Waals surface area contributed by atoms with Gasteiger partial charge in [-0.05, 0) is 54.9 Å². The van der Waals surface area contributed by atoms with Gasteiger partial charge in [0.15, 0.2) is 0 Å². The molecule has 0 bridgehead atoms. The fraction of sp³-hybridized carbons (Fsp3) is 0.407. The van der Waals surface area contributed by atoms with Gasteiger partial charge in [0.25, 0.3) is 0 Å². The van der Waals surface area contributed by atoms with Crippen LogP contribution in [-0.2, 0) is 11.2 Å². The van der Waals surface area contributed by atoms with Crippen molar-refractivity contribution in [2.75, 3.05) is 26.3 Å². The first-order valence-electron chi connectivity index (χ1n) is 11.2. The van der Waals surface area contributed by atoms with E-state index in [0.717, 1.165) is 45.4 Å². The predicted octanol–water partition coefficient (Wildman–Crippen LogP) is 6.59. The van der Waals surface area contributed by atoms with Crippen LogP contribution in [0.15, 0.2) is 66.2 Å². The molecular weight excluding hydrogens is 354 g/mol. The molecule has 0 fully saturated rings. The first-order chi connectivity index (χ1) is 14.3. The maximum absolute atomic E-state index is 5.72. The minimum absolute atomic E-state index is 0.653. The molecule has 0 unspecified atom stereocenters. The molecule has 2 aromatic rings. The second kappa shape index (κ2) is 11.0. The fourth-order valence-electron chi connectivity index (χ4n) is 4.30. The van der Waals surface area contributed by atoms with Gasteiger partial charge in [0.1, 0.15) is 0 Å². The van der Waals surface area contributed by atoms with Crippen molar-refractivity contribution in [3.63, 3.8) is 0 Å². The molecular formula is C27H35NO. The van der Waals surface area contributed by atoms with E-state index in [-0.39, 0.29) is 0 Å². The average molecular weight is 390 g/mol. The summed E-state index contributed by atoms with van der Waals surface area (Å²) in [4.78, 5) is 2.62. The summed E-state index contributed by atoms with van der Waals surface area (Å²) < 4.78 is 5.72. The highest BCUT2D eigenvalue weighted by Crippen LogP contribution is 2.40. The lowest BCUT2D eigenvalue weighted by Gasteiger charge is -2.34. The highest BCUT2D eigenvalue weighted by Gasteiger charge is 2.25. The lowest BCUT2D eigenvalue weighted by molar-refractivity contribution is 0.178. The van der Waals surface area contributed by atoms with Crippen molar-refractivity contribution >= 4 is 11.3 Å².